The number of anilines is 1. The Morgan fingerprint density at radius 3 is 2.14 bits per heavy atom. The van der Waals surface area contributed by atoms with Gasteiger partial charge in [-0.05, 0) is 46.8 Å². The minimum atomic E-state index is -3.59. The molecule has 0 saturated carbocycles. The summed E-state index contributed by atoms with van der Waals surface area (Å²) in [5, 5.41) is 4.45. The molecule has 0 saturated heterocycles. The molecule has 0 fully saturated rings. The van der Waals surface area contributed by atoms with Crippen LogP contribution in [0.15, 0.2) is 35.2 Å². The van der Waals surface area contributed by atoms with Gasteiger partial charge in [0.15, 0.2) is 0 Å². The summed E-state index contributed by atoms with van der Waals surface area (Å²) in [6.07, 6.45) is 0. The predicted octanol–water partition coefficient (Wildman–Crippen LogP) is 3.06. The van der Waals surface area contributed by atoms with E-state index in [0.29, 0.717) is 11.4 Å². The highest BCUT2D eigenvalue weighted by Gasteiger charge is 2.24. The number of hydrogen-bond acceptors (Lipinski definition) is 3. The Morgan fingerprint density at radius 1 is 1.10 bits per heavy atom. The van der Waals surface area contributed by atoms with Gasteiger partial charge in [0.25, 0.3) is 10.0 Å². The van der Waals surface area contributed by atoms with Crippen molar-refractivity contribution in [2.24, 2.45) is 0 Å². The van der Waals surface area contributed by atoms with Crippen LogP contribution in [0.2, 0.25) is 0 Å². The Bertz CT molecular complexity index is 741. The Hall–Kier alpha value is -1.82. The van der Waals surface area contributed by atoms with Crippen molar-refractivity contribution in [1.82, 2.24) is 9.78 Å². The Balaban J connectivity index is 2.44. The number of aryl methyl sites for hydroxylation is 1. The number of rotatable bonds is 3. The van der Waals surface area contributed by atoms with Gasteiger partial charge in [-0.2, -0.15) is 5.10 Å². The molecule has 0 spiro atoms. The van der Waals surface area contributed by atoms with E-state index in [2.05, 4.69) is 9.82 Å². The third-order valence-corrected chi connectivity index (χ3v) is 4.58. The molecule has 5 nitrogen and oxygen atoms in total. The molecule has 0 aliphatic heterocycles. The lowest BCUT2D eigenvalue weighted by Gasteiger charge is -2.21. The van der Waals surface area contributed by atoms with Gasteiger partial charge in [-0.15, -0.1) is 0 Å². The molecular formula is C15H21N3O2S. The molecule has 0 radical (unpaired) electrons. The fourth-order valence-electron chi connectivity index (χ4n) is 2.24. The van der Waals surface area contributed by atoms with Crippen molar-refractivity contribution in [2.75, 3.05) is 4.72 Å². The van der Waals surface area contributed by atoms with Gasteiger partial charge >= 0.3 is 0 Å². The maximum atomic E-state index is 12.4. The molecule has 0 aliphatic rings. The molecule has 1 heterocycles. The van der Waals surface area contributed by atoms with Crippen LogP contribution in [-0.2, 0) is 15.6 Å². The molecule has 0 aliphatic carbocycles. The molecule has 2 rings (SSSR count). The molecular weight excluding hydrogens is 286 g/mol. The number of aromatic nitrogens is 2. The third kappa shape index (κ3) is 3.10. The molecule has 0 unspecified atom stereocenters. The molecule has 1 aromatic carbocycles. The predicted molar refractivity (Wildman–Crippen MR) is 83.9 cm³/mol. The molecule has 2 aromatic rings. The van der Waals surface area contributed by atoms with E-state index in [-0.39, 0.29) is 10.4 Å². The lowest BCUT2D eigenvalue weighted by molar-refractivity contribution is 0.347. The van der Waals surface area contributed by atoms with E-state index in [1.54, 1.807) is 37.3 Å². The summed E-state index contributed by atoms with van der Waals surface area (Å²) < 4.78 is 29.3. The topological polar surface area (TPSA) is 64.0 Å². The molecule has 0 amide bonds. The van der Waals surface area contributed by atoms with Crippen LogP contribution in [0.5, 0.6) is 0 Å². The van der Waals surface area contributed by atoms with Gasteiger partial charge in [-0.3, -0.25) is 9.40 Å². The maximum absolute atomic E-state index is 12.4. The van der Waals surface area contributed by atoms with Gasteiger partial charge in [0, 0.05) is 0 Å². The van der Waals surface area contributed by atoms with Crippen LogP contribution in [0, 0.1) is 13.8 Å². The fraction of sp³-hybridized carbons (Fsp3) is 0.400. The number of hydrogen-bond donors (Lipinski definition) is 1. The van der Waals surface area contributed by atoms with E-state index in [0.717, 1.165) is 5.69 Å². The highest BCUT2D eigenvalue weighted by Crippen LogP contribution is 2.27. The zero-order valence-electron chi connectivity index (χ0n) is 13.0. The largest absolute Gasteiger partial charge is 0.276 e. The molecule has 0 bridgehead atoms. The van der Waals surface area contributed by atoms with Gasteiger partial charge in [0.05, 0.1) is 27.5 Å². The van der Waals surface area contributed by atoms with Crippen LogP contribution in [0.3, 0.4) is 0 Å². The first-order valence-corrected chi connectivity index (χ1v) is 8.26. The average molecular weight is 307 g/mol. The monoisotopic (exact) mass is 307 g/mol. The van der Waals surface area contributed by atoms with E-state index < -0.39 is 10.0 Å². The smallest absolute Gasteiger partial charge is 0.262 e. The van der Waals surface area contributed by atoms with Crippen LogP contribution >= 0.6 is 0 Å². The van der Waals surface area contributed by atoms with Gasteiger partial charge in [-0.1, -0.05) is 18.2 Å². The number of nitrogens with zero attached hydrogens (tertiary/aromatic N) is 2. The van der Waals surface area contributed by atoms with Crippen molar-refractivity contribution >= 4 is 15.7 Å². The summed E-state index contributed by atoms with van der Waals surface area (Å²) in [4.78, 5) is 0.243. The normalized spacial score (nSPS) is 12.4. The second kappa shape index (κ2) is 5.18. The molecule has 0 atom stereocenters. The minimum absolute atomic E-state index is 0.203. The van der Waals surface area contributed by atoms with Crippen LogP contribution in [0.4, 0.5) is 5.69 Å². The van der Waals surface area contributed by atoms with E-state index in [1.807, 2.05) is 32.4 Å². The van der Waals surface area contributed by atoms with Crippen LogP contribution < -0.4 is 4.72 Å². The van der Waals surface area contributed by atoms with Crippen molar-refractivity contribution < 1.29 is 8.42 Å². The summed E-state index contributed by atoms with van der Waals surface area (Å²) in [6.45, 7) is 9.76. The minimum Gasteiger partial charge on any atom is -0.276 e. The SMILES string of the molecule is Cc1nn(C(C)(C)C)c(C)c1NS(=O)(=O)c1ccccc1. The van der Waals surface area contributed by atoms with E-state index >= 15 is 0 Å². The first-order valence-electron chi connectivity index (χ1n) is 6.77. The summed E-state index contributed by atoms with van der Waals surface area (Å²) >= 11 is 0. The number of benzene rings is 1. The lowest BCUT2D eigenvalue weighted by Crippen LogP contribution is -2.24. The lowest BCUT2D eigenvalue weighted by atomic mass is 10.1. The van der Waals surface area contributed by atoms with Crippen molar-refractivity contribution in [3.63, 3.8) is 0 Å². The quantitative estimate of drug-likeness (QED) is 0.948. The molecule has 21 heavy (non-hydrogen) atoms. The zero-order valence-corrected chi connectivity index (χ0v) is 13.8. The maximum Gasteiger partial charge on any atom is 0.262 e. The summed E-state index contributed by atoms with van der Waals surface area (Å²) in [7, 11) is -3.59. The average Bonchev–Trinajstić information content (AvgIpc) is 2.67. The highest BCUT2D eigenvalue weighted by molar-refractivity contribution is 7.92. The summed E-state index contributed by atoms with van der Waals surface area (Å²) in [5.74, 6) is 0. The summed E-state index contributed by atoms with van der Waals surface area (Å²) in [6, 6.07) is 8.33. The van der Waals surface area contributed by atoms with E-state index in [4.69, 9.17) is 0 Å². The van der Waals surface area contributed by atoms with Gasteiger partial charge in [0.1, 0.15) is 0 Å². The van der Waals surface area contributed by atoms with Crippen molar-refractivity contribution in [1.29, 1.82) is 0 Å². The number of sulfonamides is 1. The van der Waals surface area contributed by atoms with Gasteiger partial charge < -0.3 is 0 Å². The molecule has 1 aromatic heterocycles. The second-order valence-corrected chi connectivity index (χ2v) is 7.73. The Kier molecular flexibility index (Phi) is 3.84. The fourth-order valence-corrected chi connectivity index (χ4v) is 3.43. The molecule has 1 N–H and O–H groups in total. The molecule has 114 valence electrons. The van der Waals surface area contributed by atoms with Crippen LogP contribution in [0.1, 0.15) is 32.2 Å². The van der Waals surface area contributed by atoms with Crippen molar-refractivity contribution in [3.8, 4) is 0 Å². The van der Waals surface area contributed by atoms with E-state index in [9.17, 15) is 8.42 Å². The Labute approximate surface area is 126 Å². The Morgan fingerprint density at radius 2 is 1.67 bits per heavy atom. The van der Waals surface area contributed by atoms with Crippen LogP contribution in [0.25, 0.3) is 0 Å². The van der Waals surface area contributed by atoms with E-state index in [1.165, 1.54) is 0 Å². The standard InChI is InChI=1S/C15H21N3O2S/c1-11-14(12(2)18(16-11)15(3,4)5)17-21(19,20)13-9-7-6-8-10-13/h6-10,17H,1-5H3. The third-order valence-electron chi connectivity index (χ3n) is 3.22. The first-order chi connectivity index (χ1) is 9.63. The van der Waals surface area contributed by atoms with Crippen molar-refractivity contribution in [2.45, 2.75) is 45.1 Å². The van der Waals surface area contributed by atoms with Gasteiger partial charge in [-0.25, -0.2) is 8.42 Å². The van der Waals surface area contributed by atoms with Gasteiger partial charge in [0.2, 0.25) is 0 Å². The number of nitrogens with one attached hydrogen (secondary N) is 1. The summed E-state index contributed by atoms with van der Waals surface area (Å²) in [5.41, 5.74) is 1.82. The first kappa shape index (κ1) is 15.6. The zero-order chi connectivity index (χ0) is 15.8. The van der Waals surface area contributed by atoms with Crippen LogP contribution in [-0.4, -0.2) is 18.2 Å². The molecule has 6 heteroatoms. The second-order valence-electron chi connectivity index (χ2n) is 6.05. The van der Waals surface area contributed by atoms with Crippen molar-refractivity contribution in [3.05, 3.63) is 41.7 Å². The highest BCUT2D eigenvalue weighted by atomic mass is 32.2.